The Morgan fingerprint density at radius 1 is 1.29 bits per heavy atom. The minimum absolute atomic E-state index is 0.603. The van der Waals surface area contributed by atoms with E-state index in [2.05, 4.69) is 22.4 Å². The fourth-order valence-corrected chi connectivity index (χ4v) is 1.89. The van der Waals surface area contributed by atoms with Crippen molar-refractivity contribution >= 4 is 17.4 Å². The van der Waals surface area contributed by atoms with Gasteiger partial charge in [0.15, 0.2) is 5.16 Å². The maximum Gasteiger partial charge on any atom is 0.188 e. The summed E-state index contributed by atoms with van der Waals surface area (Å²) < 4.78 is 0. The van der Waals surface area contributed by atoms with E-state index in [9.17, 15) is 0 Å². The van der Waals surface area contributed by atoms with E-state index in [-0.39, 0.29) is 0 Å². The van der Waals surface area contributed by atoms with Crippen molar-refractivity contribution in [3.05, 3.63) is 11.4 Å². The van der Waals surface area contributed by atoms with Crippen molar-refractivity contribution in [1.29, 1.82) is 0 Å². The lowest BCUT2D eigenvalue weighted by atomic mass is 10.3. The molecule has 1 rings (SSSR count). The molecule has 0 aliphatic carbocycles. The van der Waals surface area contributed by atoms with Crippen LogP contribution in [0.2, 0.25) is 0 Å². The van der Waals surface area contributed by atoms with Gasteiger partial charge in [-0.05, 0) is 20.3 Å². The summed E-state index contributed by atoms with van der Waals surface area (Å²) >= 11 is 1.64. The zero-order valence-corrected chi connectivity index (χ0v) is 9.48. The molecule has 0 bridgehead atoms. The minimum Gasteiger partial charge on any atom is -0.291 e. The van der Waals surface area contributed by atoms with Gasteiger partial charge >= 0.3 is 0 Å². The van der Waals surface area contributed by atoms with Crippen LogP contribution in [0, 0.1) is 13.8 Å². The Kier molecular flexibility index (Phi) is 4.16. The van der Waals surface area contributed by atoms with Crippen molar-refractivity contribution in [2.45, 2.75) is 32.3 Å². The van der Waals surface area contributed by atoms with Crippen molar-refractivity contribution in [2.24, 2.45) is 0 Å². The molecule has 1 heterocycles. The first-order chi connectivity index (χ1) is 6.69. The Hall–Kier alpha value is -0.810. The van der Waals surface area contributed by atoms with Crippen LogP contribution in [0.4, 0.5) is 5.69 Å². The topological polar surface area (TPSA) is 58.0 Å². The minimum atomic E-state index is 0.603. The SMILES string of the molecule is CCCSc1nc(C)c(NO)c(C)n1. The van der Waals surface area contributed by atoms with Gasteiger partial charge in [0.25, 0.3) is 0 Å². The van der Waals surface area contributed by atoms with Gasteiger partial charge in [-0.1, -0.05) is 18.7 Å². The molecule has 4 nitrogen and oxygen atoms in total. The van der Waals surface area contributed by atoms with Crippen molar-refractivity contribution in [2.75, 3.05) is 11.2 Å². The molecule has 78 valence electrons. The molecule has 0 amide bonds. The molecule has 0 saturated carbocycles. The number of aromatic nitrogens is 2. The number of anilines is 1. The van der Waals surface area contributed by atoms with Crippen LogP contribution in [-0.2, 0) is 0 Å². The normalized spacial score (nSPS) is 10.3. The monoisotopic (exact) mass is 213 g/mol. The Labute approximate surface area is 88.1 Å². The molecule has 0 aliphatic heterocycles. The number of thioether (sulfide) groups is 1. The van der Waals surface area contributed by atoms with Crippen LogP contribution in [0.1, 0.15) is 24.7 Å². The van der Waals surface area contributed by atoms with Crippen molar-refractivity contribution in [1.82, 2.24) is 9.97 Å². The zero-order valence-electron chi connectivity index (χ0n) is 8.66. The average Bonchev–Trinajstić information content (AvgIpc) is 2.14. The van der Waals surface area contributed by atoms with Gasteiger partial charge in [0.2, 0.25) is 0 Å². The summed E-state index contributed by atoms with van der Waals surface area (Å²) in [6.45, 7) is 5.82. The summed E-state index contributed by atoms with van der Waals surface area (Å²) in [6.07, 6.45) is 1.10. The second-order valence-corrected chi connectivity index (χ2v) is 4.07. The van der Waals surface area contributed by atoms with Crippen LogP contribution in [0.3, 0.4) is 0 Å². The average molecular weight is 213 g/mol. The number of hydrogen-bond donors (Lipinski definition) is 2. The molecule has 0 aliphatic rings. The molecule has 0 aromatic carbocycles. The highest BCUT2D eigenvalue weighted by molar-refractivity contribution is 7.99. The van der Waals surface area contributed by atoms with E-state index in [0.717, 1.165) is 28.7 Å². The zero-order chi connectivity index (χ0) is 10.6. The maximum absolute atomic E-state index is 8.83. The molecule has 1 aromatic rings. The van der Waals surface area contributed by atoms with E-state index in [1.165, 1.54) is 0 Å². The van der Waals surface area contributed by atoms with E-state index in [1.807, 2.05) is 13.8 Å². The van der Waals surface area contributed by atoms with Crippen LogP contribution >= 0.6 is 11.8 Å². The number of hydrogen-bond acceptors (Lipinski definition) is 5. The van der Waals surface area contributed by atoms with Crippen LogP contribution in [-0.4, -0.2) is 20.9 Å². The fraction of sp³-hybridized carbons (Fsp3) is 0.556. The van der Waals surface area contributed by atoms with Gasteiger partial charge in [-0.15, -0.1) is 0 Å². The lowest BCUT2D eigenvalue weighted by Crippen LogP contribution is -2.02. The Morgan fingerprint density at radius 3 is 2.29 bits per heavy atom. The fourth-order valence-electron chi connectivity index (χ4n) is 1.11. The van der Waals surface area contributed by atoms with Gasteiger partial charge < -0.3 is 0 Å². The highest BCUT2D eigenvalue weighted by Gasteiger charge is 2.07. The van der Waals surface area contributed by atoms with Gasteiger partial charge in [-0.25, -0.2) is 9.97 Å². The molecule has 1 aromatic heterocycles. The molecule has 2 N–H and O–H groups in total. The number of rotatable bonds is 4. The van der Waals surface area contributed by atoms with Crippen LogP contribution in [0.15, 0.2) is 5.16 Å². The molecule has 5 heteroatoms. The molecule has 0 unspecified atom stereocenters. The van der Waals surface area contributed by atoms with Crippen molar-refractivity contribution in [3.63, 3.8) is 0 Å². The molecular formula is C9H15N3OS. The lowest BCUT2D eigenvalue weighted by molar-refractivity contribution is 0.386. The largest absolute Gasteiger partial charge is 0.291 e. The standard InChI is InChI=1S/C9H15N3OS/c1-4-5-14-9-10-6(2)8(12-13)7(3)11-9/h12-13H,4-5H2,1-3H3. The highest BCUT2D eigenvalue weighted by Crippen LogP contribution is 2.21. The molecule has 0 fully saturated rings. The summed E-state index contributed by atoms with van der Waals surface area (Å²) in [5.41, 5.74) is 4.27. The third-order valence-electron chi connectivity index (χ3n) is 1.80. The molecule has 14 heavy (non-hydrogen) atoms. The summed E-state index contributed by atoms with van der Waals surface area (Å²) in [5, 5.41) is 9.61. The quantitative estimate of drug-likeness (QED) is 0.457. The van der Waals surface area contributed by atoms with Gasteiger partial charge in [-0.2, -0.15) is 0 Å². The van der Waals surface area contributed by atoms with Crippen molar-refractivity contribution in [3.8, 4) is 0 Å². The first kappa shape index (κ1) is 11.3. The number of aryl methyl sites for hydroxylation is 2. The highest BCUT2D eigenvalue weighted by atomic mass is 32.2. The van der Waals surface area contributed by atoms with E-state index in [0.29, 0.717) is 5.69 Å². The van der Waals surface area contributed by atoms with Crippen LogP contribution in [0.25, 0.3) is 0 Å². The van der Waals surface area contributed by atoms with Gasteiger partial charge in [0.05, 0.1) is 11.4 Å². The Morgan fingerprint density at radius 2 is 1.86 bits per heavy atom. The second kappa shape index (κ2) is 5.17. The summed E-state index contributed by atoms with van der Waals surface area (Å²) in [6, 6.07) is 0. The summed E-state index contributed by atoms with van der Waals surface area (Å²) in [4.78, 5) is 8.54. The van der Waals surface area contributed by atoms with Gasteiger partial charge in [0.1, 0.15) is 5.69 Å². The van der Waals surface area contributed by atoms with Gasteiger partial charge in [0, 0.05) is 5.75 Å². The Bertz CT molecular complexity index is 294. The summed E-state index contributed by atoms with van der Waals surface area (Å²) in [5.74, 6) is 1.02. The smallest absolute Gasteiger partial charge is 0.188 e. The van der Waals surface area contributed by atoms with E-state index < -0.39 is 0 Å². The maximum atomic E-state index is 8.83. The van der Waals surface area contributed by atoms with E-state index in [1.54, 1.807) is 11.8 Å². The number of nitrogens with zero attached hydrogens (tertiary/aromatic N) is 2. The lowest BCUT2D eigenvalue weighted by Gasteiger charge is -2.08. The Balaban J connectivity index is 2.90. The molecule has 0 spiro atoms. The van der Waals surface area contributed by atoms with Crippen LogP contribution < -0.4 is 5.48 Å². The third kappa shape index (κ3) is 2.59. The first-order valence-corrected chi connectivity index (χ1v) is 5.55. The first-order valence-electron chi connectivity index (χ1n) is 4.57. The molecule has 0 atom stereocenters. The van der Waals surface area contributed by atoms with Gasteiger partial charge in [-0.3, -0.25) is 10.7 Å². The number of nitrogens with one attached hydrogen (secondary N) is 1. The van der Waals surface area contributed by atoms with E-state index in [4.69, 9.17) is 5.21 Å². The van der Waals surface area contributed by atoms with E-state index >= 15 is 0 Å². The second-order valence-electron chi connectivity index (χ2n) is 3.01. The molecule has 0 saturated heterocycles. The predicted molar refractivity (Wildman–Crippen MR) is 57.9 cm³/mol. The van der Waals surface area contributed by atoms with Crippen LogP contribution in [0.5, 0.6) is 0 Å². The summed E-state index contributed by atoms with van der Waals surface area (Å²) in [7, 11) is 0. The molecule has 0 radical (unpaired) electrons. The predicted octanol–water partition coefficient (Wildman–Crippen LogP) is 2.40. The third-order valence-corrected chi connectivity index (χ3v) is 2.85. The molecular weight excluding hydrogens is 198 g/mol. The van der Waals surface area contributed by atoms with Crippen molar-refractivity contribution < 1.29 is 5.21 Å².